The second-order valence-corrected chi connectivity index (χ2v) is 6.86. The summed E-state index contributed by atoms with van der Waals surface area (Å²) in [5.41, 5.74) is 1.70. The van der Waals surface area contributed by atoms with Gasteiger partial charge < -0.3 is 10.1 Å². The molecule has 1 saturated heterocycles. The zero-order valence-corrected chi connectivity index (χ0v) is 15.8. The normalized spacial score (nSPS) is 15.6. The van der Waals surface area contributed by atoms with Gasteiger partial charge in [0, 0.05) is 17.1 Å². The van der Waals surface area contributed by atoms with Crippen molar-refractivity contribution in [1.29, 1.82) is 0 Å². The number of likely N-dealkylation sites (tertiary alicyclic amines) is 1. The summed E-state index contributed by atoms with van der Waals surface area (Å²) < 4.78 is 5.42. The van der Waals surface area contributed by atoms with Crippen LogP contribution in [0.1, 0.15) is 41.7 Å². The minimum Gasteiger partial charge on any atom is -0.494 e. The quantitative estimate of drug-likeness (QED) is 0.787. The number of hydrogen-bond acceptors (Lipinski definition) is 3. The number of rotatable bonds is 7. The summed E-state index contributed by atoms with van der Waals surface area (Å²) in [6.45, 7) is 5.16. The molecule has 138 valence electrons. The minimum atomic E-state index is -0.0794. The van der Waals surface area contributed by atoms with E-state index in [1.165, 1.54) is 12.8 Å². The lowest BCUT2D eigenvalue weighted by Crippen LogP contribution is -2.37. The van der Waals surface area contributed by atoms with Gasteiger partial charge in [-0.15, -0.1) is 0 Å². The number of carbonyl (C=O) groups excluding carboxylic acids is 1. The van der Waals surface area contributed by atoms with Crippen LogP contribution in [0.3, 0.4) is 0 Å². The average Bonchev–Trinajstić information content (AvgIpc) is 3.18. The predicted octanol–water partition coefficient (Wildman–Crippen LogP) is 4.31. The summed E-state index contributed by atoms with van der Waals surface area (Å²) >= 11 is 6.42. The summed E-state index contributed by atoms with van der Waals surface area (Å²) in [4.78, 5) is 14.9. The van der Waals surface area contributed by atoms with Crippen LogP contribution in [0.4, 0.5) is 0 Å². The third-order valence-electron chi connectivity index (χ3n) is 4.73. The molecule has 26 heavy (non-hydrogen) atoms. The Morgan fingerprint density at radius 1 is 1.15 bits per heavy atom. The molecule has 5 heteroatoms. The second-order valence-electron chi connectivity index (χ2n) is 6.45. The lowest BCUT2D eigenvalue weighted by molar-refractivity contribution is 0.0938. The van der Waals surface area contributed by atoms with E-state index in [1.807, 2.05) is 43.3 Å². The highest BCUT2D eigenvalue weighted by atomic mass is 35.5. The second kappa shape index (κ2) is 9.06. The van der Waals surface area contributed by atoms with E-state index in [1.54, 1.807) is 12.1 Å². The summed E-state index contributed by atoms with van der Waals surface area (Å²) in [6.07, 6.45) is 2.38. The molecule has 1 N–H and O–H groups in total. The first-order valence-corrected chi connectivity index (χ1v) is 9.56. The lowest BCUT2D eigenvalue weighted by atomic mass is 10.0. The molecule has 2 aromatic rings. The zero-order chi connectivity index (χ0) is 18.4. The third-order valence-corrected chi connectivity index (χ3v) is 5.07. The molecule has 2 aromatic carbocycles. The molecule has 0 aliphatic carbocycles. The standard InChI is InChI=1S/C21H25ClN2O2/c1-2-26-17-11-9-16(10-12-17)21(25)23-15-20(24-13-5-6-14-24)18-7-3-4-8-19(18)22/h3-4,7-12,20H,2,5-6,13-15H2,1H3,(H,23,25)/t20-/m1/s1. The van der Waals surface area contributed by atoms with Crippen LogP contribution < -0.4 is 10.1 Å². The van der Waals surface area contributed by atoms with Crippen LogP contribution in [0.2, 0.25) is 5.02 Å². The molecule has 0 spiro atoms. The van der Waals surface area contributed by atoms with Crippen molar-refractivity contribution in [2.24, 2.45) is 0 Å². The zero-order valence-electron chi connectivity index (χ0n) is 15.1. The molecule has 1 atom stereocenters. The van der Waals surface area contributed by atoms with Crippen molar-refractivity contribution in [2.75, 3.05) is 26.2 Å². The monoisotopic (exact) mass is 372 g/mol. The Kier molecular flexibility index (Phi) is 6.53. The molecule has 0 saturated carbocycles. The van der Waals surface area contributed by atoms with Crippen molar-refractivity contribution in [3.63, 3.8) is 0 Å². The first-order chi connectivity index (χ1) is 12.7. The SMILES string of the molecule is CCOc1ccc(C(=O)NC[C@H](c2ccccc2Cl)N2CCCC2)cc1. The van der Waals surface area contributed by atoms with Crippen LogP contribution in [0.5, 0.6) is 5.75 Å². The number of nitrogens with zero attached hydrogens (tertiary/aromatic N) is 1. The van der Waals surface area contributed by atoms with E-state index < -0.39 is 0 Å². The van der Waals surface area contributed by atoms with Gasteiger partial charge in [0.05, 0.1) is 12.6 Å². The molecule has 0 radical (unpaired) electrons. The number of carbonyl (C=O) groups is 1. The Balaban J connectivity index is 1.69. The van der Waals surface area contributed by atoms with Crippen molar-refractivity contribution in [3.8, 4) is 5.75 Å². The fourth-order valence-electron chi connectivity index (χ4n) is 3.39. The first-order valence-electron chi connectivity index (χ1n) is 9.18. The molecule has 0 aromatic heterocycles. The van der Waals surface area contributed by atoms with Gasteiger partial charge in [0.1, 0.15) is 5.75 Å². The predicted molar refractivity (Wildman–Crippen MR) is 105 cm³/mol. The van der Waals surface area contributed by atoms with Crippen LogP contribution in [0.25, 0.3) is 0 Å². The maximum atomic E-state index is 12.5. The van der Waals surface area contributed by atoms with Gasteiger partial charge in [0.25, 0.3) is 5.91 Å². The van der Waals surface area contributed by atoms with Gasteiger partial charge in [-0.2, -0.15) is 0 Å². The van der Waals surface area contributed by atoms with Crippen LogP contribution >= 0.6 is 11.6 Å². The van der Waals surface area contributed by atoms with Gasteiger partial charge in [-0.05, 0) is 68.8 Å². The number of halogens is 1. The van der Waals surface area contributed by atoms with Crippen LogP contribution in [0, 0.1) is 0 Å². The maximum Gasteiger partial charge on any atom is 0.251 e. The van der Waals surface area contributed by atoms with Gasteiger partial charge >= 0.3 is 0 Å². The molecule has 1 heterocycles. The highest BCUT2D eigenvalue weighted by molar-refractivity contribution is 6.31. The van der Waals surface area contributed by atoms with Crippen molar-refractivity contribution in [2.45, 2.75) is 25.8 Å². The van der Waals surface area contributed by atoms with Gasteiger partial charge in [0.2, 0.25) is 0 Å². The van der Waals surface area contributed by atoms with E-state index in [9.17, 15) is 4.79 Å². The van der Waals surface area contributed by atoms with E-state index in [-0.39, 0.29) is 11.9 Å². The van der Waals surface area contributed by atoms with Crippen LogP contribution in [-0.2, 0) is 0 Å². The largest absolute Gasteiger partial charge is 0.494 e. The van der Waals surface area contributed by atoms with Crippen LogP contribution in [-0.4, -0.2) is 37.0 Å². The number of hydrogen-bond donors (Lipinski definition) is 1. The Morgan fingerprint density at radius 2 is 1.85 bits per heavy atom. The average molecular weight is 373 g/mol. The van der Waals surface area contributed by atoms with Gasteiger partial charge in [-0.3, -0.25) is 9.69 Å². The van der Waals surface area contributed by atoms with Crippen LogP contribution in [0.15, 0.2) is 48.5 Å². The van der Waals surface area contributed by atoms with E-state index >= 15 is 0 Å². The molecule has 1 amide bonds. The van der Waals surface area contributed by atoms with E-state index in [0.29, 0.717) is 18.7 Å². The van der Waals surface area contributed by atoms with Crippen molar-refractivity contribution in [1.82, 2.24) is 10.2 Å². The molecule has 1 aliphatic heterocycles. The Hall–Kier alpha value is -2.04. The summed E-state index contributed by atoms with van der Waals surface area (Å²) in [5, 5.41) is 3.82. The number of benzene rings is 2. The summed E-state index contributed by atoms with van der Waals surface area (Å²) in [6, 6.07) is 15.2. The molecule has 1 aliphatic rings. The van der Waals surface area contributed by atoms with Gasteiger partial charge in [0.15, 0.2) is 0 Å². The van der Waals surface area contributed by atoms with Crippen molar-refractivity contribution < 1.29 is 9.53 Å². The van der Waals surface area contributed by atoms with Gasteiger partial charge in [-0.1, -0.05) is 29.8 Å². The number of nitrogens with one attached hydrogen (secondary N) is 1. The van der Waals surface area contributed by atoms with Crippen molar-refractivity contribution in [3.05, 3.63) is 64.7 Å². The first kappa shape index (κ1) is 18.7. The van der Waals surface area contributed by atoms with Gasteiger partial charge in [-0.25, -0.2) is 0 Å². The Morgan fingerprint density at radius 3 is 2.50 bits per heavy atom. The van der Waals surface area contributed by atoms with Crippen molar-refractivity contribution >= 4 is 17.5 Å². The molecule has 1 fully saturated rings. The molecule has 0 bridgehead atoms. The maximum absolute atomic E-state index is 12.5. The molecule has 0 unspecified atom stereocenters. The molecular weight excluding hydrogens is 348 g/mol. The highest BCUT2D eigenvalue weighted by Crippen LogP contribution is 2.29. The highest BCUT2D eigenvalue weighted by Gasteiger charge is 2.25. The third kappa shape index (κ3) is 4.57. The topological polar surface area (TPSA) is 41.6 Å². The van der Waals surface area contributed by atoms with E-state index in [2.05, 4.69) is 10.2 Å². The molecule has 4 nitrogen and oxygen atoms in total. The fraction of sp³-hybridized carbons (Fsp3) is 0.381. The lowest BCUT2D eigenvalue weighted by Gasteiger charge is -2.29. The summed E-state index contributed by atoms with van der Waals surface area (Å²) in [5.74, 6) is 0.694. The molecular formula is C21H25ClN2O2. The Bertz CT molecular complexity index is 727. The minimum absolute atomic E-state index is 0.0794. The van der Waals surface area contributed by atoms with E-state index in [0.717, 1.165) is 29.4 Å². The van der Waals surface area contributed by atoms with E-state index in [4.69, 9.17) is 16.3 Å². The summed E-state index contributed by atoms with van der Waals surface area (Å²) in [7, 11) is 0. The molecule has 3 rings (SSSR count). The smallest absolute Gasteiger partial charge is 0.251 e. The number of ether oxygens (including phenoxy) is 1. The Labute approximate surface area is 160 Å². The fourth-order valence-corrected chi connectivity index (χ4v) is 3.66. The number of amides is 1.